The average molecular weight is 610 g/mol. The molecule has 2 N–H and O–H groups in total. The first-order chi connectivity index (χ1) is 20.4. The summed E-state index contributed by atoms with van der Waals surface area (Å²) in [5.41, 5.74) is 2.05. The molecular formula is C30H30Cl2N6O4. The molecule has 0 unspecified atom stereocenters. The lowest BCUT2D eigenvalue weighted by molar-refractivity contribution is 0.102. The predicted octanol–water partition coefficient (Wildman–Crippen LogP) is 6.34. The smallest absolute Gasteiger partial charge is 0.262 e. The van der Waals surface area contributed by atoms with E-state index in [1.54, 1.807) is 43.5 Å². The molecule has 0 spiro atoms. The van der Waals surface area contributed by atoms with E-state index in [1.165, 1.54) is 13.3 Å². The Bertz CT molecular complexity index is 1560. The van der Waals surface area contributed by atoms with E-state index in [4.69, 9.17) is 37.4 Å². The summed E-state index contributed by atoms with van der Waals surface area (Å²) in [7, 11) is 5.29. The fourth-order valence-corrected chi connectivity index (χ4v) is 4.95. The number of anilines is 4. The fraction of sp³-hybridized carbons (Fsp3) is 0.233. The van der Waals surface area contributed by atoms with E-state index in [9.17, 15) is 4.79 Å². The number of rotatable bonds is 9. The average Bonchev–Trinajstić information content (AvgIpc) is 3.00. The molecule has 1 aliphatic rings. The molecule has 5 rings (SSSR count). The van der Waals surface area contributed by atoms with E-state index in [0.29, 0.717) is 17.2 Å². The summed E-state index contributed by atoms with van der Waals surface area (Å²) in [5, 5.41) is 6.50. The Morgan fingerprint density at radius 3 is 2.26 bits per heavy atom. The normalized spacial score (nSPS) is 13.4. The number of methoxy groups -OCH3 is 2. The van der Waals surface area contributed by atoms with Crippen LogP contribution >= 0.6 is 23.2 Å². The number of hydrogen-bond donors (Lipinski definition) is 2. The Morgan fingerprint density at radius 1 is 0.881 bits per heavy atom. The number of carbonyl (C=O) groups excluding carboxylic acids is 1. The van der Waals surface area contributed by atoms with Gasteiger partial charge in [0.25, 0.3) is 5.91 Å². The van der Waals surface area contributed by atoms with Gasteiger partial charge in [0.05, 0.1) is 35.6 Å². The van der Waals surface area contributed by atoms with Crippen LogP contribution in [0.15, 0.2) is 66.9 Å². The molecule has 0 bridgehead atoms. The van der Waals surface area contributed by atoms with Crippen molar-refractivity contribution in [2.75, 3.05) is 63.0 Å². The van der Waals surface area contributed by atoms with Gasteiger partial charge in [-0.05, 0) is 43.4 Å². The SMILES string of the molecule is COc1ccccc1Oc1nc(Nc2ccc(N3CCN(C)CC3)c(OC)c2)ncc1C(=O)Nc1c(Cl)cccc1Cl. The second-order valence-corrected chi connectivity index (χ2v) is 10.3. The molecule has 0 aliphatic carbocycles. The summed E-state index contributed by atoms with van der Waals surface area (Å²) in [6.07, 6.45) is 1.37. The number of carbonyl (C=O) groups is 1. The van der Waals surface area contributed by atoms with Crippen LogP contribution in [0.3, 0.4) is 0 Å². The highest BCUT2D eigenvalue weighted by atomic mass is 35.5. The maximum Gasteiger partial charge on any atom is 0.262 e. The van der Waals surface area contributed by atoms with Gasteiger partial charge >= 0.3 is 0 Å². The number of likely N-dealkylation sites (N-methyl/N-ethyl adjacent to an activating group) is 1. The van der Waals surface area contributed by atoms with Crippen LogP contribution in [-0.4, -0.2) is 68.2 Å². The second kappa shape index (κ2) is 13.2. The van der Waals surface area contributed by atoms with Crippen molar-refractivity contribution >= 4 is 52.1 Å². The van der Waals surface area contributed by atoms with Crippen molar-refractivity contribution < 1.29 is 19.0 Å². The minimum atomic E-state index is -0.556. The molecule has 1 aliphatic heterocycles. The van der Waals surface area contributed by atoms with Gasteiger partial charge < -0.3 is 34.6 Å². The summed E-state index contributed by atoms with van der Waals surface area (Å²) in [5.74, 6) is 1.21. The van der Waals surface area contributed by atoms with E-state index >= 15 is 0 Å². The molecule has 0 radical (unpaired) electrons. The summed E-state index contributed by atoms with van der Waals surface area (Å²) >= 11 is 12.5. The minimum Gasteiger partial charge on any atom is -0.495 e. The molecule has 0 saturated carbocycles. The molecular weight excluding hydrogens is 579 g/mol. The number of hydrogen-bond acceptors (Lipinski definition) is 9. The largest absolute Gasteiger partial charge is 0.495 e. The topological polar surface area (TPSA) is 101 Å². The third kappa shape index (κ3) is 6.62. The molecule has 3 aromatic carbocycles. The number of piperazine rings is 1. The number of benzene rings is 3. The quantitative estimate of drug-likeness (QED) is 0.225. The standard InChI is InChI=1S/C30H30Cl2N6O4/c1-37-13-15-38(16-14-37)23-12-11-19(17-26(23)41-3)34-30-33-18-20(28(39)35-27-21(31)7-6-8-22(27)32)29(36-30)42-25-10-5-4-9-24(25)40-2/h4-12,17-18H,13-16H2,1-3H3,(H,35,39)(H,33,34,36). The van der Waals surface area contributed by atoms with Crippen molar-refractivity contribution in [3.05, 3.63) is 82.5 Å². The van der Waals surface area contributed by atoms with E-state index in [0.717, 1.165) is 37.6 Å². The van der Waals surface area contributed by atoms with E-state index in [2.05, 4.69) is 37.4 Å². The van der Waals surface area contributed by atoms with Gasteiger partial charge in [-0.25, -0.2) is 4.98 Å². The van der Waals surface area contributed by atoms with Crippen molar-refractivity contribution in [2.45, 2.75) is 0 Å². The van der Waals surface area contributed by atoms with Crippen LogP contribution in [0.2, 0.25) is 10.0 Å². The highest BCUT2D eigenvalue weighted by Crippen LogP contribution is 2.36. The second-order valence-electron chi connectivity index (χ2n) is 9.52. The molecule has 42 heavy (non-hydrogen) atoms. The Kier molecular flexibility index (Phi) is 9.16. The zero-order valence-corrected chi connectivity index (χ0v) is 24.9. The van der Waals surface area contributed by atoms with Gasteiger partial charge in [0.15, 0.2) is 11.5 Å². The van der Waals surface area contributed by atoms with Crippen molar-refractivity contribution in [2.24, 2.45) is 0 Å². The fourth-order valence-electron chi connectivity index (χ4n) is 4.46. The summed E-state index contributed by atoms with van der Waals surface area (Å²) in [6.45, 7) is 3.79. The molecule has 1 amide bonds. The van der Waals surface area contributed by atoms with Crippen LogP contribution in [0.4, 0.5) is 23.0 Å². The number of ether oxygens (including phenoxy) is 3. The number of nitrogens with one attached hydrogen (secondary N) is 2. The summed E-state index contributed by atoms with van der Waals surface area (Å²) in [4.78, 5) is 26.9. The Morgan fingerprint density at radius 2 is 1.57 bits per heavy atom. The van der Waals surface area contributed by atoms with Crippen molar-refractivity contribution in [3.8, 4) is 23.1 Å². The van der Waals surface area contributed by atoms with Crippen molar-refractivity contribution in [1.29, 1.82) is 0 Å². The van der Waals surface area contributed by atoms with E-state index < -0.39 is 5.91 Å². The molecule has 0 atom stereocenters. The molecule has 218 valence electrons. The maximum absolute atomic E-state index is 13.4. The molecule has 10 nitrogen and oxygen atoms in total. The first-order valence-electron chi connectivity index (χ1n) is 13.2. The third-order valence-electron chi connectivity index (χ3n) is 6.76. The van der Waals surface area contributed by atoms with Gasteiger partial charge in [-0.1, -0.05) is 41.4 Å². The molecule has 4 aromatic rings. The minimum absolute atomic E-state index is 0.00121. The van der Waals surface area contributed by atoms with Crippen molar-refractivity contribution in [3.63, 3.8) is 0 Å². The van der Waals surface area contributed by atoms with Crippen LogP contribution in [0.5, 0.6) is 23.1 Å². The lowest BCUT2D eigenvalue weighted by Gasteiger charge is -2.34. The lowest BCUT2D eigenvalue weighted by atomic mass is 10.2. The highest BCUT2D eigenvalue weighted by molar-refractivity contribution is 6.40. The van der Waals surface area contributed by atoms with Gasteiger partial charge in [0.1, 0.15) is 11.3 Å². The van der Waals surface area contributed by atoms with Crippen molar-refractivity contribution in [1.82, 2.24) is 14.9 Å². The van der Waals surface area contributed by atoms with Crippen LogP contribution in [0, 0.1) is 0 Å². The predicted molar refractivity (Wildman–Crippen MR) is 166 cm³/mol. The van der Waals surface area contributed by atoms with Gasteiger partial charge in [0.2, 0.25) is 11.8 Å². The summed E-state index contributed by atoms with van der Waals surface area (Å²) in [6, 6.07) is 17.8. The van der Waals surface area contributed by atoms with E-state index in [1.807, 2.05) is 24.3 Å². The van der Waals surface area contributed by atoms with Crippen LogP contribution < -0.4 is 29.7 Å². The lowest BCUT2D eigenvalue weighted by Crippen LogP contribution is -2.44. The molecule has 2 heterocycles. The van der Waals surface area contributed by atoms with Crippen LogP contribution in [-0.2, 0) is 0 Å². The molecule has 1 aromatic heterocycles. The van der Waals surface area contributed by atoms with Crippen LogP contribution in [0.1, 0.15) is 10.4 Å². The van der Waals surface area contributed by atoms with Gasteiger partial charge in [-0.15, -0.1) is 0 Å². The Labute approximate surface area is 254 Å². The number of nitrogens with zero attached hydrogens (tertiary/aromatic N) is 4. The van der Waals surface area contributed by atoms with Gasteiger partial charge in [-0.3, -0.25) is 4.79 Å². The zero-order chi connectivity index (χ0) is 29.6. The Balaban J connectivity index is 1.45. The first kappa shape index (κ1) is 29.2. The molecule has 1 fully saturated rings. The van der Waals surface area contributed by atoms with E-state index in [-0.39, 0.29) is 33.1 Å². The zero-order valence-electron chi connectivity index (χ0n) is 23.4. The number of halogens is 2. The van der Waals surface area contributed by atoms with Gasteiger partial charge in [0, 0.05) is 44.1 Å². The first-order valence-corrected chi connectivity index (χ1v) is 13.9. The number of aromatic nitrogens is 2. The highest BCUT2D eigenvalue weighted by Gasteiger charge is 2.22. The number of amides is 1. The Hall–Kier alpha value is -4.25. The number of para-hydroxylation sites is 3. The van der Waals surface area contributed by atoms with Crippen LogP contribution in [0.25, 0.3) is 0 Å². The molecule has 1 saturated heterocycles. The summed E-state index contributed by atoms with van der Waals surface area (Å²) < 4.78 is 17.2. The van der Waals surface area contributed by atoms with Gasteiger partial charge in [-0.2, -0.15) is 4.98 Å². The third-order valence-corrected chi connectivity index (χ3v) is 7.39. The monoisotopic (exact) mass is 608 g/mol. The molecule has 12 heteroatoms. The maximum atomic E-state index is 13.4.